The highest BCUT2D eigenvalue weighted by Crippen LogP contribution is 2.32. The molecule has 1 fully saturated rings. The summed E-state index contributed by atoms with van der Waals surface area (Å²) in [5, 5.41) is 8.31. The maximum absolute atomic E-state index is 13.3. The molecular formula is C22H20FN7O2. The number of halogens is 1. The van der Waals surface area contributed by atoms with Crippen molar-refractivity contribution >= 4 is 23.3 Å². The van der Waals surface area contributed by atoms with Gasteiger partial charge >= 0.3 is 6.03 Å². The normalized spacial score (nSPS) is 15.9. The number of hydroxylamine groups is 2. The van der Waals surface area contributed by atoms with E-state index in [0.29, 0.717) is 30.1 Å². The Morgan fingerprint density at radius 1 is 1.22 bits per heavy atom. The fourth-order valence-corrected chi connectivity index (χ4v) is 3.72. The number of nitrogens with one attached hydrogen (secondary N) is 1. The molecule has 10 heteroatoms. The Morgan fingerprint density at radius 2 is 2.03 bits per heavy atom. The Balaban J connectivity index is 1.39. The third kappa shape index (κ3) is 3.71. The van der Waals surface area contributed by atoms with Gasteiger partial charge in [-0.1, -0.05) is 12.1 Å². The first-order valence-corrected chi connectivity index (χ1v) is 10.1. The minimum Gasteiger partial charge on any atom is -0.366 e. The van der Waals surface area contributed by atoms with Gasteiger partial charge in [0.1, 0.15) is 5.82 Å². The number of aryl methyl sites for hydroxylation is 1. The van der Waals surface area contributed by atoms with E-state index < -0.39 is 6.03 Å². The summed E-state index contributed by atoms with van der Waals surface area (Å²) < 4.78 is 14.9. The largest absolute Gasteiger partial charge is 0.366 e. The number of benzene rings is 1. The number of carbonyl (C=O) groups excluding carboxylic acids is 1. The average Bonchev–Trinajstić information content (AvgIpc) is 3.41. The van der Waals surface area contributed by atoms with Gasteiger partial charge in [0.05, 0.1) is 24.0 Å². The second kappa shape index (κ2) is 7.89. The summed E-state index contributed by atoms with van der Waals surface area (Å²) in [4.78, 5) is 27.1. The number of anilines is 2. The molecule has 2 amide bonds. The van der Waals surface area contributed by atoms with E-state index in [9.17, 15) is 9.18 Å². The summed E-state index contributed by atoms with van der Waals surface area (Å²) in [6.45, 7) is 2.21. The Bertz CT molecular complexity index is 1310. The van der Waals surface area contributed by atoms with E-state index in [-0.39, 0.29) is 17.8 Å². The lowest BCUT2D eigenvalue weighted by atomic mass is 10.0. The van der Waals surface area contributed by atoms with Crippen LogP contribution in [0.25, 0.3) is 16.8 Å². The van der Waals surface area contributed by atoms with Crippen LogP contribution in [0.1, 0.15) is 23.7 Å². The standard InChI is InChI=1S/C22H20FN7O2/c1-13-18(10-16(11-25-13)15-4-7-20-27-21(24)28-29(20)12-15)26-22(31)30-19(8-9-32-30)14-2-5-17(23)6-3-14/h2-7,10-12,19H,8-9H2,1H3,(H2,24,28)(H,26,31)/t19-/m0/s1. The summed E-state index contributed by atoms with van der Waals surface area (Å²) >= 11 is 0. The molecule has 162 valence electrons. The molecule has 4 heterocycles. The maximum atomic E-state index is 13.3. The summed E-state index contributed by atoms with van der Waals surface area (Å²) in [6, 6.07) is 10.9. The quantitative estimate of drug-likeness (QED) is 0.509. The van der Waals surface area contributed by atoms with Crippen LogP contribution in [-0.2, 0) is 4.84 Å². The first-order valence-electron chi connectivity index (χ1n) is 10.1. The lowest BCUT2D eigenvalue weighted by Gasteiger charge is -2.23. The maximum Gasteiger partial charge on any atom is 0.346 e. The number of nitrogens with two attached hydrogens (primary N) is 1. The van der Waals surface area contributed by atoms with Crippen molar-refractivity contribution in [1.29, 1.82) is 0 Å². The van der Waals surface area contributed by atoms with Crippen LogP contribution in [-0.4, -0.2) is 37.3 Å². The van der Waals surface area contributed by atoms with Crippen molar-refractivity contribution in [2.45, 2.75) is 19.4 Å². The van der Waals surface area contributed by atoms with Crippen LogP contribution in [0.3, 0.4) is 0 Å². The van der Waals surface area contributed by atoms with Crippen LogP contribution in [0.2, 0.25) is 0 Å². The molecule has 9 nitrogen and oxygen atoms in total. The van der Waals surface area contributed by atoms with Gasteiger partial charge in [-0.25, -0.2) is 13.7 Å². The molecule has 0 radical (unpaired) electrons. The van der Waals surface area contributed by atoms with E-state index in [0.717, 1.165) is 16.7 Å². The Kier molecular flexibility index (Phi) is 4.91. The van der Waals surface area contributed by atoms with Gasteiger partial charge in [0.15, 0.2) is 5.65 Å². The van der Waals surface area contributed by atoms with Crippen molar-refractivity contribution in [3.8, 4) is 11.1 Å². The smallest absolute Gasteiger partial charge is 0.346 e. The lowest BCUT2D eigenvalue weighted by Crippen LogP contribution is -2.33. The molecule has 32 heavy (non-hydrogen) atoms. The molecule has 1 saturated heterocycles. The number of amides is 2. The third-order valence-electron chi connectivity index (χ3n) is 5.37. The van der Waals surface area contributed by atoms with Crippen LogP contribution >= 0.6 is 0 Å². The number of aromatic nitrogens is 4. The SMILES string of the molecule is Cc1ncc(-c2ccc3nc(N)nn3c2)cc1NC(=O)N1OCC[C@H]1c1ccc(F)cc1. The minimum absolute atomic E-state index is 0.193. The summed E-state index contributed by atoms with van der Waals surface area (Å²) in [5.41, 5.74) is 9.95. The fraction of sp³-hybridized carbons (Fsp3) is 0.182. The van der Waals surface area contributed by atoms with E-state index in [1.165, 1.54) is 17.2 Å². The van der Waals surface area contributed by atoms with E-state index in [1.54, 1.807) is 29.0 Å². The molecule has 1 aliphatic rings. The van der Waals surface area contributed by atoms with Gasteiger partial charge in [-0.3, -0.25) is 9.82 Å². The third-order valence-corrected chi connectivity index (χ3v) is 5.37. The molecule has 0 spiro atoms. The zero-order valence-corrected chi connectivity index (χ0v) is 17.2. The molecule has 5 rings (SSSR count). The number of pyridine rings is 2. The zero-order chi connectivity index (χ0) is 22.2. The number of carbonyl (C=O) groups is 1. The number of hydrogen-bond donors (Lipinski definition) is 2. The lowest BCUT2D eigenvalue weighted by molar-refractivity contribution is -0.0830. The highest BCUT2D eigenvalue weighted by Gasteiger charge is 2.32. The number of fused-ring (bicyclic) bond motifs is 1. The van der Waals surface area contributed by atoms with E-state index >= 15 is 0 Å². The highest BCUT2D eigenvalue weighted by atomic mass is 19.1. The van der Waals surface area contributed by atoms with Crippen molar-refractivity contribution in [3.05, 3.63) is 71.9 Å². The summed E-state index contributed by atoms with van der Waals surface area (Å²) in [5.74, 6) is -0.132. The number of hydrogen-bond acceptors (Lipinski definition) is 6. The zero-order valence-electron chi connectivity index (χ0n) is 17.2. The van der Waals surface area contributed by atoms with Gasteiger partial charge in [-0.05, 0) is 42.8 Å². The van der Waals surface area contributed by atoms with Crippen molar-refractivity contribution in [3.63, 3.8) is 0 Å². The molecule has 0 bridgehead atoms. The van der Waals surface area contributed by atoms with Crippen LogP contribution in [0, 0.1) is 12.7 Å². The molecule has 3 N–H and O–H groups in total. The monoisotopic (exact) mass is 433 g/mol. The van der Waals surface area contributed by atoms with Crippen LogP contribution in [0.15, 0.2) is 54.9 Å². The van der Waals surface area contributed by atoms with Crippen LogP contribution in [0.4, 0.5) is 20.8 Å². The van der Waals surface area contributed by atoms with Crippen molar-refractivity contribution in [2.75, 3.05) is 17.7 Å². The predicted octanol–water partition coefficient (Wildman–Crippen LogP) is 3.73. The molecule has 0 aliphatic carbocycles. The van der Waals surface area contributed by atoms with E-state index in [4.69, 9.17) is 10.6 Å². The van der Waals surface area contributed by atoms with Crippen molar-refractivity contribution in [1.82, 2.24) is 24.6 Å². The second-order valence-electron chi connectivity index (χ2n) is 7.49. The summed E-state index contributed by atoms with van der Waals surface area (Å²) in [7, 11) is 0. The molecular weight excluding hydrogens is 413 g/mol. The summed E-state index contributed by atoms with van der Waals surface area (Å²) in [6.07, 6.45) is 4.14. The Morgan fingerprint density at radius 3 is 2.84 bits per heavy atom. The molecule has 0 unspecified atom stereocenters. The molecule has 0 saturated carbocycles. The average molecular weight is 433 g/mol. The van der Waals surface area contributed by atoms with Gasteiger partial charge in [0.2, 0.25) is 5.95 Å². The Hall–Kier alpha value is -4.05. The number of rotatable bonds is 3. The van der Waals surface area contributed by atoms with Gasteiger partial charge in [0, 0.05) is 29.9 Å². The van der Waals surface area contributed by atoms with Gasteiger partial charge in [-0.15, -0.1) is 5.10 Å². The fourth-order valence-electron chi connectivity index (χ4n) is 3.72. The van der Waals surface area contributed by atoms with Gasteiger partial charge < -0.3 is 11.1 Å². The first kappa shape index (κ1) is 19.9. The van der Waals surface area contributed by atoms with Crippen LogP contribution in [0.5, 0.6) is 0 Å². The van der Waals surface area contributed by atoms with Crippen LogP contribution < -0.4 is 11.1 Å². The van der Waals surface area contributed by atoms with Gasteiger partial charge in [0.25, 0.3) is 0 Å². The highest BCUT2D eigenvalue weighted by molar-refractivity contribution is 5.90. The predicted molar refractivity (Wildman–Crippen MR) is 116 cm³/mol. The molecule has 1 aliphatic heterocycles. The topological polar surface area (TPSA) is 111 Å². The van der Waals surface area contributed by atoms with Crippen molar-refractivity contribution < 1.29 is 14.0 Å². The van der Waals surface area contributed by atoms with E-state index in [1.807, 2.05) is 25.1 Å². The number of nitrogen functional groups attached to an aromatic ring is 1. The van der Waals surface area contributed by atoms with E-state index in [2.05, 4.69) is 20.4 Å². The van der Waals surface area contributed by atoms with Crippen molar-refractivity contribution in [2.24, 2.45) is 0 Å². The minimum atomic E-state index is -0.418. The van der Waals surface area contributed by atoms with Gasteiger partial charge in [-0.2, -0.15) is 10.0 Å². The first-order chi connectivity index (χ1) is 15.5. The second-order valence-corrected chi connectivity index (χ2v) is 7.49. The Labute approximate surface area is 182 Å². The number of urea groups is 1. The molecule has 4 aromatic rings. The molecule has 1 aromatic carbocycles. The molecule has 3 aromatic heterocycles. The number of nitrogens with zero attached hydrogens (tertiary/aromatic N) is 5. The molecule has 1 atom stereocenters.